The van der Waals surface area contributed by atoms with Gasteiger partial charge in [0.05, 0.1) is 11.5 Å². The summed E-state index contributed by atoms with van der Waals surface area (Å²) >= 11 is 11.9. The van der Waals surface area contributed by atoms with Crippen LogP contribution in [0.1, 0.15) is 12.5 Å². The van der Waals surface area contributed by atoms with Gasteiger partial charge in [-0.15, -0.1) is 0 Å². The zero-order chi connectivity index (χ0) is 18.6. The monoisotopic (exact) mass is 404 g/mol. The first-order chi connectivity index (χ1) is 11.7. The molecule has 1 saturated heterocycles. The number of hydrogen-bond acceptors (Lipinski definition) is 4. The minimum Gasteiger partial charge on any atom is -0.341 e. The van der Waals surface area contributed by atoms with E-state index in [0.29, 0.717) is 15.6 Å². The fourth-order valence-corrected chi connectivity index (χ4v) is 3.90. The molecule has 25 heavy (non-hydrogen) atoms. The Labute approximate surface area is 156 Å². The Balaban J connectivity index is 1.92. The number of carbonyl (C=O) groups excluding carboxylic acids is 2. The van der Waals surface area contributed by atoms with E-state index in [4.69, 9.17) is 23.2 Å². The molecule has 0 radical (unpaired) electrons. The van der Waals surface area contributed by atoms with Gasteiger partial charge in [-0.05, 0) is 36.8 Å². The maximum atomic E-state index is 12.3. The van der Waals surface area contributed by atoms with Crippen LogP contribution in [-0.4, -0.2) is 55.8 Å². The fourth-order valence-electron chi connectivity index (χ4n) is 2.34. The van der Waals surface area contributed by atoms with Gasteiger partial charge in [-0.25, -0.2) is 8.42 Å². The van der Waals surface area contributed by atoms with Gasteiger partial charge in [-0.1, -0.05) is 23.2 Å². The van der Waals surface area contributed by atoms with E-state index in [-0.39, 0.29) is 30.5 Å². The smallest absolute Gasteiger partial charge is 0.244 e. The average Bonchev–Trinajstić information content (AvgIpc) is 2.55. The van der Waals surface area contributed by atoms with Crippen molar-refractivity contribution in [3.8, 4) is 0 Å². The lowest BCUT2D eigenvalue weighted by atomic mass is 10.2. The number of sulfone groups is 1. The first-order valence-corrected chi connectivity index (χ1v) is 10.2. The van der Waals surface area contributed by atoms with Crippen molar-refractivity contribution in [2.45, 2.75) is 13.0 Å². The number of nitrogens with zero attached hydrogens (tertiary/aromatic N) is 1. The minimum absolute atomic E-state index is 0.0490. The highest BCUT2D eigenvalue weighted by Crippen LogP contribution is 2.21. The fraction of sp³-hybridized carbons (Fsp3) is 0.375. The molecule has 1 N–H and O–H groups in total. The molecule has 1 atom stereocenters. The first-order valence-electron chi connectivity index (χ1n) is 7.61. The van der Waals surface area contributed by atoms with Crippen molar-refractivity contribution in [2.24, 2.45) is 0 Å². The highest BCUT2D eigenvalue weighted by atomic mass is 35.5. The largest absolute Gasteiger partial charge is 0.341 e. The van der Waals surface area contributed by atoms with Gasteiger partial charge in [0.1, 0.15) is 6.04 Å². The molecule has 2 amide bonds. The Hall–Kier alpha value is -1.57. The Kier molecular flexibility index (Phi) is 6.48. The summed E-state index contributed by atoms with van der Waals surface area (Å²) in [5.41, 5.74) is 0.588. The number of amides is 2. The van der Waals surface area contributed by atoms with Crippen molar-refractivity contribution in [3.63, 3.8) is 0 Å². The molecule has 0 spiro atoms. The molecule has 0 bridgehead atoms. The molecule has 1 aromatic carbocycles. The Morgan fingerprint density at radius 2 is 1.88 bits per heavy atom. The lowest BCUT2D eigenvalue weighted by Gasteiger charge is -2.29. The Bertz CT molecular complexity index is 794. The second kappa shape index (κ2) is 8.21. The molecule has 0 saturated carbocycles. The van der Waals surface area contributed by atoms with Crippen LogP contribution in [0.5, 0.6) is 0 Å². The van der Waals surface area contributed by atoms with Crippen molar-refractivity contribution >= 4 is 50.9 Å². The van der Waals surface area contributed by atoms with E-state index in [1.807, 2.05) is 0 Å². The molecule has 1 fully saturated rings. The highest BCUT2D eigenvalue weighted by molar-refractivity contribution is 7.91. The van der Waals surface area contributed by atoms with Gasteiger partial charge >= 0.3 is 0 Å². The summed E-state index contributed by atoms with van der Waals surface area (Å²) in [6.45, 7) is 1.86. The van der Waals surface area contributed by atoms with Gasteiger partial charge in [0.2, 0.25) is 11.8 Å². The average molecular weight is 405 g/mol. The van der Waals surface area contributed by atoms with E-state index in [0.717, 1.165) is 0 Å². The molecule has 9 heteroatoms. The molecule has 1 aromatic rings. The van der Waals surface area contributed by atoms with Crippen LogP contribution in [0, 0.1) is 0 Å². The molecular weight excluding hydrogens is 387 g/mol. The number of nitrogens with one attached hydrogen (secondary N) is 1. The Morgan fingerprint density at radius 3 is 2.52 bits per heavy atom. The maximum Gasteiger partial charge on any atom is 0.244 e. The molecule has 1 aliphatic rings. The summed E-state index contributed by atoms with van der Waals surface area (Å²) in [6.07, 6.45) is 2.77. The van der Waals surface area contributed by atoms with Crippen LogP contribution < -0.4 is 5.32 Å². The lowest BCUT2D eigenvalue weighted by molar-refractivity contribution is -0.134. The van der Waals surface area contributed by atoms with Gasteiger partial charge in [-0.3, -0.25) is 9.59 Å². The molecule has 136 valence electrons. The predicted molar refractivity (Wildman–Crippen MR) is 98.3 cm³/mol. The molecule has 2 rings (SSSR count). The van der Waals surface area contributed by atoms with Gasteiger partial charge in [0.15, 0.2) is 9.84 Å². The molecule has 1 unspecified atom stereocenters. The third-order valence-electron chi connectivity index (χ3n) is 3.76. The van der Waals surface area contributed by atoms with E-state index in [1.165, 1.54) is 17.1 Å². The van der Waals surface area contributed by atoms with Crippen molar-refractivity contribution in [3.05, 3.63) is 39.9 Å². The van der Waals surface area contributed by atoms with Crippen molar-refractivity contribution in [2.75, 3.05) is 24.6 Å². The van der Waals surface area contributed by atoms with E-state index < -0.39 is 21.8 Å². The lowest BCUT2D eigenvalue weighted by Crippen LogP contribution is -2.51. The topological polar surface area (TPSA) is 83.6 Å². The van der Waals surface area contributed by atoms with E-state index in [1.54, 1.807) is 25.1 Å². The zero-order valence-corrected chi connectivity index (χ0v) is 15.9. The number of carbonyl (C=O) groups is 2. The Morgan fingerprint density at radius 1 is 1.24 bits per heavy atom. The predicted octanol–water partition coefficient (Wildman–Crippen LogP) is 1.77. The SMILES string of the molecule is CC(NC(=O)/C=C/c1cc(Cl)ccc1Cl)C(=O)N1CCS(=O)(=O)CC1. The van der Waals surface area contributed by atoms with Gasteiger partial charge in [0.25, 0.3) is 0 Å². The van der Waals surface area contributed by atoms with E-state index >= 15 is 0 Å². The second-order valence-corrected chi connectivity index (χ2v) is 8.85. The number of benzene rings is 1. The van der Waals surface area contributed by atoms with Crippen molar-refractivity contribution in [1.29, 1.82) is 0 Å². The van der Waals surface area contributed by atoms with Gasteiger partial charge in [-0.2, -0.15) is 0 Å². The third-order valence-corrected chi connectivity index (χ3v) is 5.95. The minimum atomic E-state index is -3.06. The van der Waals surface area contributed by atoms with Gasteiger partial charge in [0, 0.05) is 29.2 Å². The van der Waals surface area contributed by atoms with Crippen LogP contribution in [0.4, 0.5) is 0 Å². The molecular formula is C16H18Cl2N2O4S. The standard InChI is InChI=1S/C16H18Cl2N2O4S/c1-11(16(22)20-6-8-25(23,24)9-7-20)19-15(21)5-2-12-10-13(17)3-4-14(12)18/h2-5,10-11H,6-9H2,1H3,(H,19,21)/b5-2+. The zero-order valence-electron chi connectivity index (χ0n) is 13.5. The van der Waals surface area contributed by atoms with Crippen LogP contribution in [0.2, 0.25) is 10.0 Å². The number of rotatable bonds is 4. The molecule has 0 aromatic heterocycles. The molecule has 1 aliphatic heterocycles. The van der Waals surface area contributed by atoms with Crippen molar-refractivity contribution in [1.82, 2.24) is 10.2 Å². The summed E-state index contributed by atoms with van der Waals surface area (Å²) in [5, 5.41) is 3.50. The summed E-state index contributed by atoms with van der Waals surface area (Å²) in [5.74, 6) is -0.863. The summed E-state index contributed by atoms with van der Waals surface area (Å²) < 4.78 is 22.8. The third kappa shape index (κ3) is 5.73. The quantitative estimate of drug-likeness (QED) is 0.774. The van der Waals surface area contributed by atoms with Gasteiger partial charge < -0.3 is 10.2 Å². The van der Waals surface area contributed by atoms with E-state index in [2.05, 4.69) is 5.32 Å². The summed E-state index contributed by atoms with van der Waals surface area (Å²) in [6, 6.07) is 4.13. The van der Waals surface area contributed by atoms with E-state index in [9.17, 15) is 18.0 Å². The van der Waals surface area contributed by atoms with Crippen LogP contribution in [0.15, 0.2) is 24.3 Å². The normalized spacial score (nSPS) is 18.1. The highest BCUT2D eigenvalue weighted by Gasteiger charge is 2.28. The number of halogens is 2. The number of hydrogen-bond donors (Lipinski definition) is 1. The summed E-state index contributed by atoms with van der Waals surface area (Å²) in [4.78, 5) is 25.7. The van der Waals surface area contributed by atoms with Crippen LogP contribution in [0.3, 0.4) is 0 Å². The van der Waals surface area contributed by atoms with Crippen LogP contribution in [0.25, 0.3) is 6.08 Å². The first kappa shape index (κ1) is 19.8. The molecule has 6 nitrogen and oxygen atoms in total. The van der Waals surface area contributed by atoms with Crippen LogP contribution >= 0.6 is 23.2 Å². The van der Waals surface area contributed by atoms with Crippen LogP contribution in [-0.2, 0) is 19.4 Å². The maximum absolute atomic E-state index is 12.3. The molecule has 0 aliphatic carbocycles. The second-order valence-electron chi connectivity index (χ2n) is 5.71. The van der Waals surface area contributed by atoms with Crippen molar-refractivity contribution < 1.29 is 18.0 Å². The summed E-state index contributed by atoms with van der Waals surface area (Å²) in [7, 11) is -3.06. The molecule has 1 heterocycles.